The number of aromatic nitrogens is 3. The van der Waals surface area contributed by atoms with E-state index in [9.17, 15) is 9.59 Å². The molecular weight excluding hydrogens is 452 g/mol. The summed E-state index contributed by atoms with van der Waals surface area (Å²) in [6, 6.07) is 12.2. The van der Waals surface area contributed by atoms with E-state index in [0.29, 0.717) is 47.2 Å². The van der Waals surface area contributed by atoms with Crippen molar-refractivity contribution >= 4 is 17.7 Å². The van der Waals surface area contributed by atoms with Gasteiger partial charge in [-0.25, -0.2) is 9.48 Å². The number of hydrogen-bond acceptors (Lipinski definition) is 8. The maximum Gasteiger partial charge on any atom is 0.341 e. The number of allylic oxidation sites excluding steroid dienone is 2. The Labute approximate surface area is 201 Å². The van der Waals surface area contributed by atoms with Crippen molar-refractivity contribution in [1.82, 2.24) is 14.8 Å². The molecule has 0 spiro atoms. The van der Waals surface area contributed by atoms with Gasteiger partial charge < -0.3 is 24.6 Å². The second-order valence-corrected chi connectivity index (χ2v) is 8.31. The van der Waals surface area contributed by atoms with E-state index < -0.39 is 18.6 Å². The van der Waals surface area contributed by atoms with E-state index >= 15 is 0 Å². The topological polar surface area (TPSA) is 125 Å². The average Bonchev–Trinajstić information content (AvgIpc) is 3.34. The van der Waals surface area contributed by atoms with Gasteiger partial charge in [0.25, 0.3) is 0 Å². The third-order valence-electron chi connectivity index (χ3n) is 6.31. The second-order valence-electron chi connectivity index (χ2n) is 8.31. The molecule has 1 aliphatic carbocycles. The standard InChI is InChI=1S/C25H24N4O6/c1-33-20-8-7-14(11-21(20)34-2)15-9-17-23(18(30)10-15)24(29-25(28-17)26-13-27-29)16-5-3-4-6-19(16)35-12-22(31)32/h3-8,11,13,15,24H,9-10,12H2,1-2H3,(H,31,32)(H,26,27,28)/t15-,24+/m1/s1. The number of anilines is 1. The number of fused-ring (bicyclic) bond motifs is 1. The Morgan fingerprint density at radius 1 is 1.11 bits per heavy atom. The van der Waals surface area contributed by atoms with Crippen LogP contribution in [0, 0.1) is 0 Å². The van der Waals surface area contributed by atoms with E-state index in [1.54, 1.807) is 31.0 Å². The van der Waals surface area contributed by atoms with Crippen LogP contribution in [-0.2, 0) is 9.59 Å². The first-order valence-electron chi connectivity index (χ1n) is 11.1. The van der Waals surface area contributed by atoms with Crippen LogP contribution in [0.1, 0.15) is 35.9 Å². The number of nitrogens with one attached hydrogen (secondary N) is 1. The molecule has 0 fully saturated rings. The maximum absolute atomic E-state index is 13.6. The molecule has 3 aromatic rings. The molecule has 0 saturated carbocycles. The van der Waals surface area contributed by atoms with Gasteiger partial charge in [0.1, 0.15) is 18.1 Å². The highest BCUT2D eigenvalue weighted by atomic mass is 16.5. The molecular formula is C25H24N4O6. The maximum atomic E-state index is 13.6. The summed E-state index contributed by atoms with van der Waals surface area (Å²) in [4.78, 5) is 29.1. The summed E-state index contributed by atoms with van der Waals surface area (Å²) in [6.45, 7) is -0.493. The van der Waals surface area contributed by atoms with Gasteiger partial charge in [-0.3, -0.25) is 4.79 Å². The highest BCUT2D eigenvalue weighted by Gasteiger charge is 2.40. The Bertz CT molecular complexity index is 1330. The van der Waals surface area contributed by atoms with Gasteiger partial charge in [-0.2, -0.15) is 10.1 Å². The first-order chi connectivity index (χ1) is 17.0. The van der Waals surface area contributed by atoms with E-state index in [0.717, 1.165) is 11.3 Å². The number of ketones is 1. The van der Waals surface area contributed by atoms with Crippen molar-refractivity contribution in [2.45, 2.75) is 24.8 Å². The molecule has 10 heteroatoms. The third-order valence-corrected chi connectivity index (χ3v) is 6.31. The van der Waals surface area contributed by atoms with Gasteiger partial charge in [0.15, 0.2) is 23.9 Å². The molecule has 2 aromatic carbocycles. The lowest BCUT2D eigenvalue weighted by molar-refractivity contribution is -0.139. The Morgan fingerprint density at radius 2 is 1.91 bits per heavy atom. The van der Waals surface area contributed by atoms with Gasteiger partial charge >= 0.3 is 5.97 Å². The Hall–Kier alpha value is -4.34. The fourth-order valence-corrected chi connectivity index (χ4v) is 4.76. The van der Waals surface area contributed by atoms with Crippen molar-refractivity contribution in [3.63, 3.8) is 0 Å². The predicted octanol–water partition coefficient (Wildman–Crippen LogP) is 3.17. The molecule has 1 aromatic heterocycles. The molecule has 180 valence electrons. The van der Waals surface area contributed by atoms with Gasteiger partial charge in [-0.15, -0.1) is 0 Å². The number of ether oxygens (including phenoxy) is 3. The fourth-order valence-electron chi connectivity index (χ4n) is 4.76. The molecule has 0 bridgehead atoms. The lowest BCUT2D eigenvalue weighted by Crippen LogP contribution is -2.33. The highest BCUT2D eigenvalue weighted by molar-refractivity contribution is 6.00. The van der Waals surface area contributed by atoms with E-state index in [1.807, 2.05) is 30.3 Å². The smallest absolute Gasteiger partial charge is 0.341 e. The van der Waals surface area contributed by atoms with Crippen molar-refractivity contribution in [2.24, 2.45) is 0 Å². The highest BCUT2D eigenvalue weighted by Crippen LogP contribution is 2.46. The molecule has 0 radical (unpaired) electrons. The summed E-state index contributed by atoms with van der Waals surface area (Å²) in [7, 11) is 3.16. The average molecular weight is 476 g/mol. The molecule has 0 amide bonds. The van der Waals surface area contributed by atoms with Crippen molar-refractivity contribution in [1.29, 1.82) is 0 Å². The molecule has 2 heterocycles. The molecule has 10 nitrogen and oxygen atoms in total. The van der Waals surface area contributed by atoms with Crippen molar-refractivity contribution < 1.29 is 28.9 Å². The number of carboxylic acid groups (broad SMARTS) is 1. The van der Waals surface area contributed by atoms with Crippen LogP contribution in [0.4, 0.5) is 5.95 Å². The minimum absolute atomic E-state index is 0.0299. The molecule has 2 N–H and O–H groups in total. The minimum Gasteiger partial charge on any atom is -0.493 e. The number of Topliss-reactive ketones (excluding diaryl/α,β-unsaturated/α-hetero) is 1. The summed E-state index contributed by atoms with van der Waals surface area (Å²) >= 11 is 0. The predicted molar refractivity (Wildman–Crippen MR) is 125 cm³/mol. The zero-order chi connectivity index (χ0) is 24.5. The van der Waals surface area contributed by atoms with Gasteiger partial charge in [0, 0.05) is 23.3 Å². The second kappa shape index (κ2) is 9.13. The first-order valence-corrected chi connectivity index (χ1v) is 11.1. The Balaban J connectivity index is 1.55. The number of methoxy groups -OCH3 is 2. The SMILES string of the molecule is COc1ccc([C@H]2CC(=O)C3=C(C2)Nc2ncnn2[C@H]3c2ccccc2OCC(=O)O)cc1OC. The lowest BCUT2D eigenvalue weighted by atomic mass is 9.77. The molecule has 1 aliphatic heterocycles. The quantitative estimate of drug-likeness (QED) is 0.529. The van der Waals surface area contributed by atoms with Crippen LogP contribution in [0.25, 0.3) is 0 Å². The van der Waals surface area contributed by atoms with E-state index in [4.69, 9.17) is 19.3 Å². The van der Waals surface area contributed by atoms with Crippen molar-refractivity contribution in [3.8, 4) is 17.2 Å². The van der Waals surface area contributed by atoms with Crippen molar-refractivity contribution in [3.05, 3.63) is 71.2 Å². The van der Waals surface area contributed by atoms with Crippen LogP contribution in [0.5, 0.6) is 17.2 Å². The number of para-hydroxylation sites is 1. The van der Waals surface area contributed by atoms with Crippen LogP contribution in [-0.4, -0.2) is 52.5 Å². The van der Waals surface area contributed by atoms with Crippen LogP contribution in [0.3, 0.4) is 0 Å². The van der Waals surface area contributed by atoms with Gasteiger partial charge in [-0.05, 0) is 36.1 Å². The minimum atomic E-state index is -1.09. The summed E-state index contributed by atoms with van der Waals surface area (Å²) < 4.78 is 18.0. The largest absolute Gasteiger partial charge is 0.493 e. The van der Waals surface area contributed by atoms with Crippen molar-refractivity contribution in [2.75, 3.05) is 26.1 Å². The summed E-state index contributed by atoms with van der Waals surface area (Å²) in [5, 5.41) is 16.7. The summed E-state index contributed by atoms with van der Waals surface area (Å²) in [5.74, 6) is 0.932. The van der Waals surface area contributed by atoms with E-state index in [2.05, 4.69) is 15.4 Å². The molecule has 0 saturated heterocycles. The molecule has 2 atom stereocenters. The van der Waals surface area contributed by atoms with Gasteiger partial charge in [0.2, 0.25) is 5.95 Å². The lowest BCUT2D eigenvalue weighted by Gasteiger charge is -2.35. The number of aliphatic carboxylic acids is 1. The Morgan fingerprint density at radius 3 is 2.69 bits per heavy atom. The van der Waals surface area contributed by atoms with Crippen LogP contribution < -0.4 is 19.5 Å². The molecule has 5 rings (SSSR count). The normalized spacial score (nSPS) is 18.9. The zero-order valence-corrected chi connectivity index (χ0v) is 19.2. The fraction of sp³-hybridized carbons (Fsp3) is 0.280. The van der Waals surface area contributed by atoms with Gasteiger partial charge in [-0.1, -0.05) is 24.3 Å². The number of rotatable bonds is 7. The number of carbonyl (C=O) groups excluding carboxylic acids is 1. The monoisotopic (exact) mass is 476 g/mol. The number of carbonyl (C=O) groups is 2. The zero-order valence-electron chi connectivity index (χ0n) is 19.2. The number of hydrogen-bond donors (Lipinski definition) is 2. The van der Waals surface area contributed by atoms with E-state index in [1.165, 1.54) is 6.33 Å². The Kier molecular flexibility index (Phi) is 5.86. The van der Waals surface area contributed by atoms with Gasteiger partial charge in [0.05, 0.1) is 14.2 Å². The summed E-state index contributed by atoms with van der Waals surface area (Å²) in [6.07, 6.45) is 2.30. The number of carboxylic acids is 1. The summed E-state index contributed by atoms with van der Waals surface area (Å²) in [5.41, 5.74) is 2.95. The van der Waals surface area contributed by atoms with Crippen LogP contribution >= 0.6 is 0 Å². The van der Waals surface area contributed by atoms with E-state index in [-0.39, 0.29) is 11.7 Å². The first kappa shape index (κ1) is 22.5. The van der Waals surface area contributed by atoms with Crippen LogP contribution in [0.15, 0.2) is 60.1 Å². The number of benzene rings is 2. The van der Waals surface area contributed by atoms with Crippen LogP contribution in [0.2, 0.25) is 0 Å². The number of nitrogens with zero attached hydrogens (tertiary/aromatic N) is 3. The molecule has 0 unspecified atom stereocenters. The third kappa shape index (κ3) is 4.07. The molecule has 2 aliphatic rings. The molecule has 35 heavy (non-hydrogen) atoms.